The number of nitrogens with one attached hydrogen (secondary N) is 1. The van der Waals surface area contributed by atoms with Gasteiger partial charge in [-0.15, -0.1) is 0 Å². The molecule has 3 rings (SSSR count). The molecule has 2 fully saturated rings. The van der Waals surface area contributed by atoms with E-state index in [0.29, 0.717) is 24.0 Å². The molecule has 1 aromatic rings. The van der Waals surface area contributed by atoms with Crippen LogP contribution in [0, 0.1) is 5.92 Å². The van der Waals surface area contributed by atoms with E-state index >= 15 is 0 Å². The average molecular weight is 360 g/mol. The molecular weight excluding hydrogens is 332 g/mol. The summed E-state index contributed by atoms with van der Waals surface area (Å²) in [6.45, 7) is 5.99. The Morgan fingerprint density at radius 3 is 2.42 bits per heavy atom. The van der Waals surface area contributed by atoms with Gasteiger partial charge in [-0.3, -0.25) is 9.59 Å². The van der Waals surface area contributed by atoms with Crippen molar-refractivity contribution in [3.8, 4) is 5.75 Å². The number of amides is 2. The monoisotopic (exact) mass is 360 g/mol. The Morgan fingerprint density at radius 2 is 1.85 bits per heavy atom. The molecule has 6 heteroatoms. The second kappa shape index (κ2) is 8.08. The van der Waals surface area contributed by atoms with Crippen LogP contribution >= 0.6 is 0 Å². The van der Waals surface area contributed by atoms with Crippen molar-refractivity contribution in [2.75, 3.05) is 31.6 Å². The van der Waals surface area contributed by atoms with Crippen LogP contribution in [0.1, 0.15) is 39.5 Å². The first-order valence-electron chi connectivity index (χ1n) is 9.49. The second-order valence-electron chi connectivity index (χ2n) is 7.17. The first kappa shape index (κ1) is 18.7. The van der Waals surface area contributed by atoms with Crippen molar-refractivity contribution in [2.24, 2.45) is 5.92 Å². The van der Waals surface area contributed by atoms with E-state index in [1.54, 1.807) is 24.3 Å². The van der Waals surface area contributed by atoms with E-state index in [2.05, 4.69) is 5.32 Å². The number of hydrogen-bond donors (Lipinski definition) is 1. The minimum atomic E-state index is -0.772. The molecule has 0 radical (unpaired) electrons. The van der Waals surface area contributed by atoms with E-state index in [0.717, 1.165) is 38.8 Å². The number of likely N-dealkylation sites (tertiary alicyclic amines) is 1. The van der Waals surface area contributed by atoms with E-state index in [4.69, 9.17) is 9.47 Å². The van der Waals surface area contributed by atoms with E-state index in [1.165, 1.54) is 0 Å². The third-order valence-electron chi connectivity index (χ3n) is 5.18. The fraction of sp³-hybridized carbons (Fsp3) is 0.600. The van der Waals surface area contributed by atoms with E-state index in [9.17, 15) is 9.59 Å². The van der Waals surface area contributed by atoms with Crippen molar-refractivity contribution in [3.05, 3.63) is 24.3 Å². The standard InChI is InChI=1S/C20H28N2O4/c1-3-26-20(2,15-6-7-15)19(24)21-16-8-10-17(11-9-16)25-14-18(23)22-12-4-5-13-22/h8-11,15H,3-7,12-14H2,1-2H3,(H,21,24)/t20-/m0/s1. The zero-order valence-electron chi connectivity index (χ0n) is 15.6. The predicted molar refractivity (Wildman–Crippen MR) is 99.1 cm³/mol. The Labute approximate surface area is 154 Å². The summed E-state index contributed by atoms with van der Waals surface area (Å²) in [6, 6.07) is 7.10. The largest absolute Gasteiger partial charge is 0.484 e. The van der Waals surface area contributed by atoms with Crippen LogP contribution in [-0.2, 0) is 14.3 Å². The van der Waals surface area contributed by atoms with Crippen molar-refractivity contribution in [1.29, 1.82) is 0 Å². The Kier molecular flexibility index (Phi) is 5.81. The van der Waals surface area contributed by atoms with Crippen molar-refractivity contribution in [2.45, 2.75) is 45.1 Å². The van der Waals surface area contributed by atoms with Crippen LogP contribution in [0.25, 0.3) is 0 Å². The van der Waals surface area contributed by atoms with Gasteiger partial charge in [-0.05, 0) is 69.7 Å². The molecule has 142 valence electrons. The summed E-state index contributed by atoms with van der Waals surface area (Å²) >= 11 is 0. The van der Waals surface area contributed by atoms with Gasteiger partial charge in [0.25, 0.3) is 11.8 Å². The van der Waals surface area contributed by atoms with Crippen LogP contribution in [-0.4, -0.2) is 48.6 Å². The van der Waals surface area contributed by atoms with Gasteiger partial charge in [0, 0.05) is 25.4 Å². The maximum absolute atomic E-state index is 12.6. The summed E-state index contributed by atoms with van der Waals surface area (Å²) in [7, 11) is 0. The van der Waals surface area contributed by atoms with Gasteiger partial charge in [0.1, 0.15) is 11.4 Å². The minimum absolute atomic E-state index is 0.0248. The Bertz CT molecular complexity index is 636. The third-order valence-corrected chi connectivity index (χ3v) is 5.18. The topological polar surface area (TPSA) is 67.9 Å². The summed E-state index contributed by atoms with van der Waals surface area (Å²) in [5.74, 6) is 0.823. The number of rotatable bonds is 8. The van der Waals surface area contributed by atoms with Crippen LogP contribution < -0.4 is 10.1 Å². The van der Waals surface area contributed by atoms with Crippen LogP contribution in [0.15, 0.2) is 24.3 Å². The van der Waals surface area contributed by atoms with Gasteiger partial charge in [0.2, 0.25) is 0 Å². The van der Waals surface area contributed by atoms with Crippen LogP contribution in [0.5, 0.6) is 5.75 Å². The summed E-state index contributed by atoms with van der Waals surface area (Å²) < 4.78 is 11.3. The fourth-order valence-electron chi connectivity index (χ4n) is 3.40. The highest BCUT2D eigenvalue weighted by Gasteiger charge is 2.48. The van der Waals surface area contributed by atoms with Crippen molar-refractivity contribution in [1.82, 2.24) is 4.90 Å². The molecule has 1 aliphatic heterocycles. The minimum Gasteiger partial charge on any atom is -0.484 e. The van der Waals surface area contributed by atoms with Gasteiger partial charge < -0.3 is 19.7 Å². The predicted octanol–water partition coefficient (Wildman–Crippen LogP) is 2.83. The Morgan fingerprint density at radius 1 is 1.19 bits per heavy atom. The molecule has 6 nitrogen and oxygen atoms in total. The van der Waals surface area contributed by atoms with Gasteiger partial charge in [-0.1, -0.05) is 0 Å². The highest BCUT2D eigenvalue weighted by molar-refractivity contribution is 5.97. The fourth-order valence-corrected chi connectivity index (χ4v) is 3.40. The van der Waals surface area contributed by atoms with Gasteiger partial charge in [-0.2, -0.15) is 0 Å². The third kappa shape index (κ3) is 4.36. The molecule has 1 N–H and O–H groups in total. The lowest BCUT2D eigenvalue weighted by Crippen LogP contribution is -2.44. The van der Waals surface area contributed by atoms with Crippen LogP contribution in [0.3, 0.4) is 0 Å². The second-order valence-corrected chi connectivity index (χ2v) is 7.17. The molecule has 0 spiro atoms. The lowest BCUT2D eigenvalue weighted by molar-refractivity contribution is -0.141. The lowest BCUT2D eigenvalue weighted by Gasteiger charge is -2.28. The number of ether oxygens (including phenoxy) is 2. The van der Waals surface area contributed by atoms with Gasteiger partial charge >= 0.3 is 0 Å². The molecule has 2 aliphatic rings. The molecule has 1 aromatic carbocycles. The van der Waals surface area contributed by atoms with Crippen LogP contribution in [0.2, 0.25) is 0 Å². The molecular formula is C20H28N2O4. The number of benzene rings is 1. The zero-order chi connectivity index (χ0) is 18.6. The van der Waals surface area contributed by atoms with E-state index in [1.807, 2.05) is 18.7 Å². The van der Waals surface area contributed by atoms with Crippen molar-refractivity contribution >= 4 is 17.5 Å². The highest BCUT2D eigenvalue weighted by Crippen LogP contribution is 2.42. The zero-order valence-corrected chi connectivity index (χ0v) is 15.6. The quantitative estimate of drug-likeness (QED) is 0.774. The number of hydrogen-bond acceptors (Lipinski definition) is 4. The van der Waals surface area contributed by atoms with Gasteiger partial charge in [0.15, 0.2) is 6.61 Å². The van der Waals surface area contributed by atoms with Crippen molar-refractivity contribution < 1.29 is 19.1 Å². The molecule has 1 saturated heterocycles. The molecule has 0 bridgehead atoms. The maximum atomic E-state index is 12.6. The summed E-state index contributed by atoms with van der Waals surface area (Å²) in [6.07, 6.45) is 4.20. The first-order valence-corrected chi connectivity index (χ1v) is 9.49. The number of anilines is 1. The first-order chi connectivity index (χ1) is 12.5. The maximum Gasteiger partial charge on any atom is 0.260 e. The normalized spacial score (nSPS) is 19.1. The van der Waals surface area contributed by atoms with Gasteiger partial charge in [0.05, 0.1) is 0 Å². The number of nitrogens with zero attached hydrogens (tertiary/aromatic N) is 1. The summed E-state index contributed by atoms with van der Waals surface area (Å²) in [4.78, 5) is 26.5. The molecule has 0 aromatic heterocycles. The summed E-state index contributed by atoms with van der Waals surface area (Å²) in [5.41, 5.74) is -0.0775. The Balaban J connectivity index is 1.52. The molecule has 26 heavy (non-hydrogen) atoms. The molecule has 0 unspecified atom stereocenters. The summed E-state index contributed by atoms with van der Waals surface area (Å²) in [5, 5.41) is 2.93. The lowest BCUT2D eigenvalue weighted by atomic mass is 9.99. The molecule has 1 aliphatic carbocycles. The Hall–Kier alpha value is -2.08. The molecule has 1 atom stereocenters. The number of carbonyl (C=O) groups excluding carboxylic acids is 2. The van der Waals surface area contributed by atoms with Crippen molar-refractivity contribution in [3.63, 3.8) is 0 Å². The molecule has 1 saturated carbocycles. The average Bonchev–Trinajstić information content (AvgIpc) is 3.36. The SMILES string of the molecule is CCO[C@](C)(C(=O)Nc1ccc(OCC(=O)N2CCCC2)cc1)C1CC1. The van der Waals surface area contributed by atoms with E-state index in [-0.39, 0.29) is 18.4 Å². The highest BCUT2D eigenvalue weighted by atomic mass is 16.5. The molecule has 1 heterocycles. The molecule has 2 amide bonds. The van der Waals surface area contributed by atoms with E-state index < -0.39 is 5.60 Å². The van der Waals surface area contributed by atoms with Crippen LogP contribution in [0.4, 0.5) is 5.69 Å². The smallest absolute Gasteiger partial charge is 0.260 e. The number of carbonyl (C=O) groups is 2. The van der Waals surface area contributed by atoms with Gasteiger partial charge in [-0.25, -0.2) is 0 Å².